The van der Waals surface area contributed by atoms with Crippen molar-refractivity contribution in [3.05, 3.63) is 70.8 Å². The Balaban J connectivity index is 1.97. The first kappa shape index (κ1) is 20.1. The van der Waals surface area contributed by atoms with Gasteiger partial charge in [-0.2, -0.15) is 0 Å². The van der Waals surface area contributed by atoms with Gasteiger partial charge in [-0.25, -0.2) is 0 Å². The van der Waals surface area contributed by atoms with Crippen molar-refractivity contribution in [1.29, 1.82) is 0 Å². The average molecular weight is 366 g/mol. The van der Waals surface area contributed by atoms with Crippen LogP contribution in [0.3, 0.4) is 0 Å². The van der Waals surface area contributed by atoms with E-state index in [1.807, 2.05) is 0 Å². The monoisotopic (exact) mass is 365 g/mol. The van der Waals surface area contributed by atoms with E-state index < -0.39 is 0 Å². The number of rotatable bonds is 3. The first-order valence-electron chi connectivity index (χ1n) is 10.2. The second-order valence-electron chi connectivity index (χ2n) is 10.1. The van der Waals surface area contributed by atoms with E-state index in [0.29, 0.717) is 6.54 Å². The lowest BCUT2D eigenvalue weighted by Gasteiger charge is -2.27. The highest BCUT2D eigenvalue weighted by molar-refractivity contribution is 5.39. The first-order valence-corrected chi connectivity index (χ1v) is 10.2. The van der Waals surface area contributed by atoms with Crippen molar-refractivity contribution in [2.45, 2.75) is 76.9 Å². The number of aliphatic hydroxyl groups is 1. The molecule has 1 aliphatic rings. The molecule has 1 saturated heterocycles. The number of aliphatic hydroxyl groups excluding tert-OH is 1. The quantitative estimate of drug-likeness (QED) is 0.790. The van der Waals surface area contributed by atoms with E-state index in [2.05, 4.69) is 95.4 Å². The lowest BCUT2D eigenvalue weighted by molar-refractivity contribution is 0.192. The molecule has 1 aliphatic heterocycles. The molecule has 0 aliphatic carbocycles. The van der Waals surface area contributed by atoms with Gasteiger partial charge >= 0.3 is 0 Å². The number of hydrogen-bond acceptors (Lipinski definition) is 2. The summed E-state index contributed by atoms with van der Waals surface area (Å²) in [6.45, 7) is 14.2. The summed E-state index contributed by atoms with van der Waals surface area (Å²) in [7, 11) is 0. The summed E-state index contributed by atoms with van der Waals surface area (Å²) < 4.78 is 0. The molecule has 0 bridgehead atoms. The molecule has 3 rings (SSSR count). The van der Waals surface area contributed by atoms with Gasteiger partial charge < -0.3 is 10.4 Å². The van der Waals surface area contributed by atoms with Crippen molar-refractivity contribution in [1.82, 2.24) is 5.32 Å². The van der Waals surface area contributed by atoms with Gasteiger partial charge in [-0.3, -0.25) is 0 Å². The van der Waals surface area contributed by atoms with E-state index in [-0.39, 0.29) is 28.9 Å². The van der Waals surface area contributed by atoms with Crippen LogP contribution in [0.1, 0.15) is 76.1 Å². The minimum atomic E-state index is -0.250. The highest BCUT2D eigenvalue weighted by Gasteiger charge is 2.32. The molecule has 0 amide bonds. The second-order valence-corrected chi connectivity index (χ2v) is 10.1. The lowest BCUT2D eigenvalue weighted by Crippen LogP contribution is -2.29. The van der Waals surface area contributed by atoms with Crippen LogP contribution in [0.15, 0.2) is 48.5 Å². The highest BCUT2D eigenvalue weighted by Crippen LogP contribution is 2.35. The molecule has 2 N–H and O–H groups in total. The van der Waals surface area contributed by atoms with Crippen molar-refractivity contribution in [3.63, 3.8) is 0 Å². The van der Waals surface area contributed by atoms with Crippen LogP contribution in [-0.2, 0) is 10.8 Å². The van der Waals surface area contributed by atoms with Crippen molar-refractivity contribution in [2.75, 3.05) is 6.54 Å². The Morgan fingerprint density at radius 3 is 1.48 bits per heavy atom. The van der Waals surface area contributed by atoms with E-state index in [1.165, 1.54) is 22.3 Å². The van der Waals surface area contributed by atoms with Gasteiger partial charge in [0.2, 0.25) is 0 Å². The summed E-state index contributed by atoms with van der Waals surface area (Å²) in [6.07, 6.45) is 0.549. The summed E-state index contributed by atoms with van der Waals surface area (Å²) in [4.78, 5) is 0. The smallest absolute Gasteiger partial charge is 0.0679 e. The second kappa shape index (κ2) is 7.41. The van der Waals surface area contributed by atoms with Crippen LogP contribution >= 0.6 is 0 Å². The molecule has 1 fully saturated rings. The molecule has 0 saturated carbocycles. The van der Waals surface area contributed by atoms with Crippen molar-refractivity contribution >= 4 is 0 Å². The van der Waals surface area contributed by atoms with Crippen molar-refractivity contribution < 1.29 is 5.11 Å². The maximum absolute atomic E-state index is 10.1. The maximum atomic E-state index is 10.1. The molecule has 0 aromatic heterocycles. The van der Waals surface area contributed by atoms with Gasteiger partial charge in [0.1, 0.15) is 0 Å². The largest absolute Gasteiger partial charge is 0.392 e. The van der Waals surface area contributed by atoms with Crippen LogP contribution in [0.4, 0.5) is 0 Å². The molecule has 27 heavy (non-hydrogen) atoms. The van der Waals surface area contributed by atoms with E-state index in [4.69, 9.17) is 0 Å². The molecular formula is C25H35NO. The number of nitrogens with one attached hydrogen (secondary N) is 1. The van der Waals surface area contributed by atoms with Crippen LogP contribution in [-0.4, -0.2) is 23.8 Å². The van der Waals surface area contributed by atoms with Gasteiger partial charge in [0.15, 0.2) is 0 Å². The third-order valence-electron chi connectivity index (χ3n) is 5.82. The van der Waals surface area contributed by atoms with Crippen LogP contribution < -0.4 is 5.32 Å². The number of hydrogen-bond donors (Lipinski definition) is 2. The van der Waals surface area contributed by atoms with E-state index in [1.54, 1.807) is 0 Å². The van der Waals surface area contributed by atoms with E-state index in [9.17, 15) is 5.11 Å². The Morgan fingerprint density at radius 2 is 1.19 bits per heavy atom. The normalized spacial score (nSPS) is 21.0. The Bertz CT molecular complexity index is 689. The van der Waals surface area contributed by atoms with E-state index in [0.717, 1.165) is 6.42 Å². The fourth-order valence-corrected chi connectivity index (χ4v) is 4.04. The Morgan fingerprint density at radius 1 is 0.778 bits per heavy atom. The third kappa shape index (κ3) is 4.62. The molecule has 0 radical (unpaired) electrons. The molecule has 1 heterocycles. The SMILES string of the molecule is CC(C)(C)c1ccc(C(c2ccc(C(C)(C)C)cc2)C2CC(O)CN2)cc1. The Hall–Kier alpha value is -1.64. The summed E-state index contributed by atoms with van der Waals surface area (Å²) in [5.41, 5.74) is 5.66. The molecule has 0 spiro atoms. The van der Waals surface area contributed by atoms with Gasteiger partial charge in [0.05, 0.1) is 6.10 Å². The van der Waals surface area contributed by atoms with Gasteiger partial charge in [0.25, 0.3) is 0 Å². The van der Waals surface area contributed by atoms with Crippen LogP contribution in [0, 0.1) is 0 Å². The maximum Gasteiger partial charge on any atom is 0.0679 e. The summed E-state index contributed by atoms with van der Waals surface area (Å²) in [5.74, 6) is 0.255. The highest BCUT2D eigenvalue weighted by atomic mass is 16.3. The van der Waals surface area contributed by atoms with Crippen molar-refractivity contribution in [2.24, 2.45) is 0 Å². The number of β-amino-alcohol motifs (C(OH)–C–C–N with tert-alkyl or cyclic N) is 1. The molecule has 2 nitrogen and oxygen atoms in total. The van der Waals surface area contributed by atoms with Crippen LogP contribution in [0.25, 0.3) is 0 Å². The average Bonchev–Trinajstić information content (AvgIpc) is 3.00. The number of benzene rings is 2. The molecule has 2 aromatic carbocycles. The fraction of sp³-hybridized carbons (Fsp3) is 0.520. The first-order chi connectivity index (χ1) is 12.6. The summed E-state index contributed by atoms with van der Waals surface area (Å²) >= 11 is 0. The minimum absolute atomic E-state index is 0.157. The lowest BCUT2D eigenvalue weighted by atomic mass is 9.80. The predicted octanol–water partition coefficient (Wildman–Crippen LogP) is 5.14. The van der Waals surface area contributed by atoms with Gasteiger partial charge in [0, 0.05) is 18.5 Å². The molecule has 2 heteroatoms. The zero-order chi connectivity index (χ0) is 19.8. The molecule has 2 aromatic rings. The topological polar surface area (TPSA) is 32.3 Å². The zero-order valence-corrected chi connectivity index (χ0v) is 17.7. The third-order valence-corrected chi connectivity index (χ3v) is 5.82. The van der Waals surface area contributed by atoms with Crippen LogP contribution in [0.5, 0.6) is 0 Å². The van der Waals surface area contributed by atoms with Crippen LogP contribution in [0.2, 0.25) is 0 Å². The minimum Gasteiger partial charge on any atom is -0.392 e. The Labute approximate surface area is 165 Å². The fourth-order valence-electron chi connectivity index (χ4n) is 4.04. The van der Waals surface area contributed by atoms with Crippen molar-refractivity contribution in [3.8, 4) is 0 Å². The van der Waals surface area contributed by atoms with Gasteiger partial charge in [-0.15, -0.1) is 0 Å². The zero-order valence-electron chi connectivity index (χ0n) is 17.7. The summed E-state index contributed by atoms with van der Waals surface area (Å²) in [5, 5.41) is 13.6. The Kier molecular flexibility index (Phi) is 5.52. The molecule has 146 valence electrons. The molecular weight excluding hydrogens is 330 g/mol. The molecule has 2 unspecified atom stereocenters. The predicted molar refractivity (Wildman–Crippen MR) is 115 cm³/mol. The van der Waals surface area contributed by atoms with E-state index >= 15 is 0 Å². The summed E-state index contributed by atoms with van der Waals surface area (Å²) in [6, 6.07) is 18.4. The molecule has 2 atom stereocenters. The standard InChI is InChI=1S/C25H35NO/c1-24(2,3)19-11-7-17(8-12-19)23(22-15-21(27)16-26-22)18-9-13-20(14-10-18)25(4,5)6/h7-14,21-23,26-27H,15-16H2,1-6H3. The van der Waals surface area contributed by atoms with Gasteiger partial charge in [-0.1, -0.05) is 90.1 Å². The van der Waals surface area contributed by atoms with Gasteiger partial charge in [-0.05, 0) is 39.5 Å².